The summed E-state index contributed by atoms with van der Waals surface area (Å²) in [6, 6.07) is 5.01. The molecule has 1 aliphatic heterocycles. The molecule has 0 unspecified atom stereocenters. The van der Waals surface area contributed by atoms with Crippen LogP contribution in [0.15, 0.2) is 33.9 Å². The van der Waals surface area contributed by atoms with Gasteiger partial charge in [0.15, 0.2) is 0 Å². The molecule has 0 amide bonds. The van der Waals surface area contributed by atoms with Gasteiger partial charge in [0, 0.05) is 15.7 Å². The molecule has 0 bridgehead atoms. The van der Waals surface area contributed by atoms with Crippen molar-refractivity contribution in [2.45, 2.75) is 13.0 Å². The molecule has 0 saturated carbocycles. The van der Waals surface area contributed by atoms with Gasteiger partial charge in [-0.3, -0.25) is 0 Å². The zero-order valence-corrected chi connectivity index (χ0v) is 14.3. The van der Waals surface area contributed by atoms with Gasteiger partial charge in [-0.2, -0.15) is 4.68 Å². The van der Waals surface area contributed by atoms with E-state index in [9.17, 15) is 4.79 Å². The number of aromatic nitrogens is 4. The van der Waals surface area contributed by atoms with Crippen molar-refractivity contribution in [1.82, 2.24) is 20.2 Å². The third kappa shape index (κ3) is 2.56. The molecular weight excluding hydrogens is 366 g/mol. The van der Waals surface area contributed by atoms with Crippen LogP contribution in [0.2, 0.25) is 0 Å². The summed E-state index contributed by atoms with van der Waals surface area (Å²) in [5.74, 6) is 0.609. The second kappa shape index (κ2) is 5.99. The summed E-state index contributed by atoms with van der Waals surface area (Å²) in [6.07, 6.45) is 0. The highest BCUT2D eigenvalue weighted by Crippen LogP contribution is 2.39. The Kier molecular flexibility index (Phi) is 4.03. The quantitative estimate of drug-likeness (QED) is 0.814. The highest BCUT2D eigenvalue weighted by molar-refractivity contribution is 9.10. The molecule has 1 N–H and O–H groups in total. The van der Waals surface area contributed by atoms with Gasteiger partial charge in [-0.25, -0.2) is 4.79 Å². The molecule has 1 aromatic heterocycles. The Morgan fingerprint density at radius 3 is 2.87 bits per heavy atom. The number of hydrogen-bond acceptors (Lipinski definition) is 7. The first-order valence-corrected chi connectivity index (χ1v) is 7.53. The number of rotatable bonds is 3. The van der Waals surface area contributed by atoms with Crippen LogP contribution in [-0.2, 0) is 9.53 Å². The van der Waals surface area contributed by atoms with Crippen LogP contribution in [0.4, 0.5) is 5.95 Å². The van der Waals surface area contributed by atoms with E-state index in [1.807, 2.05) is 18.2 Å². The van der Waals surface area contributed by atoms with Crippen LogP contribution in [0, 0.1) is 0 Å². The summed E-state index contributed by atoms with van der Waals surface area (Å²) in [5, 5.41) is 14.6. The fourth-order valence-corrected chi connectivity index (χ4v) is 2.93. The van der Waals surface area contributed by atoms with Gasteiger partial charge in [0.2, 0.25) is 5.95 Å². The van der Waals surface area contributed by atoms with E-state index in [4.69, 9.17) is 9.47 Å². The molecule has 23 heavy (non-hydrogen) atoms. The van der Waals surface area contributed by atoms with Gasteiger partial charge in [0.05, 0.1) is 19.8 Å². The number of methoxy groups -OCH3 is 2. The van der Waals surface area contributed by atoms with Crippen LogP contribution in [0.1, 0.15) is 18.5 Å². The molecule has 0 aliphatic carbocycles. The minimum Gasteiger partial charge on any atom is -0.496 e. The summed E-state index contributed by atoms with van der Waals surface area (Å²) in [5.41, 5.74) is 1.81. The molecule has 0 saturated heterocycles. The Balaban J connectivity index is 2.24. The Morgan fingerprint density at radius 1 is 1.39 bits per heavy atom. The number of ether oxygens (including phenoxy) is 2. The van der Waals surface area contributed by atoms with E-state index < -0.39 is 12.0 Å². The molecule has 0 radical (unpaired) electrons. The number of benzene rings is 1. The number of allylic oxidation sites excluding steroid dienone is 1. The summed E-state index contributed by atoms with van der Waals surface area (Å²) in [7, 11) is 2.91. The lowest BCUT2D eigenvalue weighted by Gasteiger charge is -2.28. The first-order valence-electron chi connectivity index (χ1n) is 6.74. The van der Waals surface area contributed by atoms with Crippen LogP contribution < -0.4 is 10.1 Å². The molecule has 9 heteroatoms. The maximum atomic E-state index is 12.3. The second-order valence-electron chi connectivity index (χ2n) is 4.89. The van der Waals surface area contributed by atoms with Crippen LogP contribution >= 0.6 is 15.9 Å². The molecule has 0 spiro atoms. The van der Waals surface area contributed by atoms with E-state index >= 15 is 0 Å². The monoisotopic (exact) mass is 379 g/mol. The van der Waals surface area contributed by atoms with Crippen molar-refractivity contribution in [2.24, 2.45) is 0 Å². The molecule has 8 nitrogen and oxygen atoms in total. The fourth-order valence-electron chi connectivity index (χ4n) is 2.59. The molecule has 1 atom stereocenters. The van der Waals surface area contributed by atoms with E-state index in [-0.39, 0.29) is 0 Å². The average Bonchev–Trinajstić information content (AvgIpc) is 3.00. The second-order valence-corrected chi connectivity index (χ2v) is 5.81. The van der Waals surface area contributed by atoms with Gasteiger partial charge in [-0.05, 0) is 29.5 Å². The number of nitrogens with one attached hydrogen (secondary N) is 1. The van der Waals surface area contributed by atoms with Gasteiger partial charge >= 0.3 is 5.97 Å². The van der Waals surface area contributed by atoms with E-state index in [1.54, 1.807) is 14.0 Å². The zero-order chi connectivity index (χ0) is 16.6. The Labute approximate surface area is 140 Å². The van der Waals surface area contributed by atoms with Crippen LogP contribution in [0.5, 0.6) is 5.75 Å². The van der Waals surface area contributed by atoms with Gasteiger partial charge in [-0.15, -0.1) is 0 Å². The number of nitrogens with zero attached hydrogens (tertiary/aromatic N) is 4. The Bertz CT molecular complexity index is 801. The molecule has 3 rings (SSSR count). The predicted molar refractivity (Wildman–Crippen MR) is 85.0 cm³/mol. The topological polar surface area (TPSA) is 91.2 Å². The van der Waals surface area contributed by atoms with Gasteiger partial charge in [0.25, 0.3) is 0 Å². The van der Waals surface area contributed by atoms with Crippen molar-refractivity contribution in [1.29, 1.82) is 0 Å². The number of carbonyl (C=O) groups excluding carboxylic acids is 1. The zero-order valence-electron chi connectivity index (χ0n) is 12.7. The standard InChI is InChI=1S/C14H14BrN5O3/c1-7-11(13(21)23-3)12(20-14(16-7)17-18-19-20)9-5-4-8(15)6-10(9)22-2/h4-6,12H,1-3H3,(H,16,17,19)/t12-/m0/s1. The average molecular weight is 380 g/mol. The molecule has 1 aromatic carbocycles. The van der Waals surface area contributed by atoms with Crippen LogP contribution in [0.25, 0.3) is 0 Å². The lowest BCUT2D eigenvalue weighted by molar-refractivity contribution is -0.136. The number of halogens is 1. The largest absolute Gasteiger partial charge is 0.496 e. The highest BCUT2D eigenvalue weighted by atomic mass is 79.9. The fraction of sp³-hybridized carbons (Fsp3) is 0.286. The van der Waals surface area contributed by atoms with E-state index in [0.29, 0.717) is 23.0 Å². The number of esters is 1. The SMILES string of the molecule is COC(=O)C1=C(C)Nc2nnnn2[C@H]1c1ccc(Br)cc1OC. The Morgan fingerprint density at radius 2 is 2.17 bits per heavy atom. The molecule has 120 valence electrons. The normalized spacial score (nSPS) is 16.6. The van der Waals surface area contributed by atoms with E-state index in [2.05, 4.69) is 36.8 Å². The number of carbonyl (C=O) groups is 1. The predicted octanol–water partition coefficient (Wildman–Crippen LogP) is 1.91. The minimum absolute atomic E-state index is 0.424. The van der Waals surface area contributed by atoms with Gasteiger partial charge in [0.1, 0.15) is 11.8 Å². The smallest absolute Gasteiger partial charge is 0.338 e. The van der Waals surface area contributed by atoms with Crippen molar-refractivity contribution in [2.75, 3.05) is 19.5 Å². The number of tetrazole rings is 1. The van der Waals surface area contributed by atoms with Crippen LogP contribution in [-0.4, -0.2) is 40.4 Å². The maximum absolute atomic E-state index is 12.3. The number of hydrogen-bond donors (Lipinski definition) is 1. The van der Waals surface area contributed by atoms with Crippen molar-refractivity contribution >= 4 is 27.8 Å². The molecular formula is C14H14BrN5O3. The van der Waals surface area contributed by atoms with E-state index in [1.165, 1.54) is 11.8 Å². The van der Waals surface area contributed by atoms with Crippen molar-refractivity contribution < 1.29 is 14.3 Å². The third-order valence-electron chi connectivity index (χ3n) is 3.61. The number of fused-ring (bicyclic) bond motifs is 1. The lowest BCUT2D eigenvalue weighted by Crippen LogP contribution is -2.29. The molecule has 2 heterocycles. The summed E-state index contributed by atoms with van der Waals surface area (Å²) in [4.78, 5) is 12.3. The van der Waals surface area contributed by atoms with Crippen molar-refractivity contribution in [3.63, 3.8) is 0 Å². The summed E-state index contributed by atoms with van der Waals surface area (Å²) < 4.78 is 12.8. The lowest BCUT2D eigenvalue weighted by atomic mass is 9.95. The third-order valence-corrected chi connectivity index (χ3v) is 4.10. The summed E-state index contributed by atoms with van der Waals surface area (Å²) in [6.45, 7) is 1.78. The molecule has 0 fully saturated rings. The first-order chi connectivity index (χ1) is 11.1. The first kappa shape index (κ1) is 15.5. The van der Waals surface area contributed by atoms with Gasteiger partial charge < -0.3 is 14.8 Å². The minimum atomic E-state index is -0.545. The van der Waals surface area contributed by atoms with E-state index in [0.717, 1.165) is 10.0 Å². The van der Waals surface area contributed by atoms with Crippen molar-refractivity contribution in [3.05, 3.63) is 39.5 Å². The molecule has 2 aromatic rings. The Hall–Kier alpha value is -2.42. The number of anilines is 1. The highest BCUT2D eigenvalue weighted by Gasteiger charge is 2.36. The summed E-state index contributed by atoms with van der Waals surface area (Å²) >= 11 is 3.41. The van der Waals surface area contributed by atoms with Crippen molar-refractivity contribution in [3.8, 4) is 5.75 Å². The molecule has 1 aliphatic rings. The maximum Gasteiger partial charge on any atom is 0.338 e. The van der Waals surface area contributed by atoms with Crippen LogP contribution in [0.3, 0.4) is 0 Å². The van der Waals surface area contributed by atoms with Gasteiger partial charge in [-0.1, -0.05) is 27.1 Å².